The highest BCUT2D eigenvalue weighted by Crippen LogP contribution is 2.31. The Hall–Kier alpha value is -2.68. The molecule has 3 rings (SSSR count). The molecule has 0 unspecified atom stereocenters. The molecule has 1 saturated heterocycles. The minimum atomic E-state index is -0.405. The number of ether oxygens (including phenoxy) is 1. The molecular formula is C18H19BrN4O4. The third-order valence-electron chi connectivity index (χ3n) is 4.35. The van der Waals surface area contributed by atoms with Crippen molar-refractivity contribution >= 4 is 39.1 Å². The van der Waals surface area contributed by atoms with Crippen LogP contribution in [0.2, 0.25) is 0 Å². The minimum Gasteiger partial charge on any atom is -0.462 e. The molecule has 0 atom stereocenters. The van der Waals surface area contributed by atoms with Crippen LogP contribution in [-0.4, -0.2) is 48.7 Å². The normalized spacial score (nSPS) is 14.1. The molecular weight excluding hydrogens is 416 g/mol. The number of non-ortho nitro benzene ring substituents is 1. The molecule has 142 valence electrons. The summed E-state index contributed by atoms with van der Waals surface area (Å²) in [5.41, 5.74) is 1.44. The Morgan fingerprint density at radius 3 is 2.48 bits per heavy atom. The van der Waals surface area contributed by atoms with Gasteiger partial charge in [-0.15, -0.1) is 0 Å². The zero-order valence-corrected chi connectivity index (χ0v) is 16.4. The van der Waals surface area contributed by atoms with Gasteiger partial charge in [0.1, 0.15) is 5.82 Å². The van der Waals surface area contributed by atoms with E-state index in [9.17, 15) is 14.9 Å². The second-order valence-electron chi connectivity index (χ2n) is 5.99. The van der Waals surface area contributed by atoms with E-state index in [1.165, 1.54) is 18.3 Å². The van der Waals surface area contributed by atoms with Gasteiger partial charge < -0.3 is 14.5 Å². The van der Waals surface area contributed by atoms with Crippen molar-refractivity contribution in [1.29, 1.82) is 0 Å². The van der Waals surface area contributed by atoms with Crippen LogP contribution >= 0.6 is 15.9 Å². The van der Waals surface area contributed by atoms with E-state index in [1.54, 1.807) is 19.1 Å². The van der Waals surface area contributed by atoms with E-state index in [2.05, 4.69) is 30.7 Å². The SMILES string of the molecule is CCOC(=O)c1ccc(N2CCN(c3ccc([N+](=O)[O-])cc3Br)CC2)nc1. The molecule has 27 heavy (non-hydrogen) atoms. The number of esters is 1. The van der Waals surface area contributed by atoms with Crippen LogP contribution in [0.4, 0.5) is 17.2 Å². The number of nitro groups is 1. The number of pyridine rings is 1. The third kappa shape index (κ3) is 4.36. The lowest BCUT2D eigenvalue weighted by atomic mass is 10.2. The van der Waals surface area contributed by atoms with Gasteiger partial charge in [0.2, 0.25) is 0 Å². The number of anilines is 2. The van der Waals surface area contributed by atoms with Gasteiger partial charge in [-0.3, -0.25) is 10.1 Å². The Bertz CT molecular complexity index is 836. The fourth-order valence-corrected chi connectivity index (χ4v) is 3.57. The Kier molecular flexibility index (Phi) is 5.90. The van der Waals surface area contributed by atoms with Gasteiger partial charge in [0, 0.05) is 49.0 Å². The van der Waals surface area contributed by atoms with Crippen LogP contribution in [0, 0.1) is 10.1 Å². The summed E-state index contributed by atoms with van der Waals surface area (Å²) in [7, 11) is 0. The summed E-state index contributed by atoms with van der Waals surface area (Å²) in [5.74, 6) is 0.440. The maximum Gasteiger partial charge on any atom is 0.339 e. The van der Waals surface area contributed by atoms with Crippen molar-refractivity contribution in [2.24, 2.45) is 0 Å². The van der Waals surface area contributed by atoms with Crippen LogP contribution in [0.15, 0.2) is 41.0 Å². The van der Waals surface area contributed by atoms with Crippen LogP contribution in [0.25, 0.3) is 0 Å². The fourth-order valence-electron chi connectivity index (χ4n) is 2.95. The number of benzene rings is 1. The van der Waals surface area contributed by atoms with Crippen molar-refractivity contribution in [3.63, 3.8) is 0 Å². The number of piperazine rings is 1. The minimum absolute atomic E-state index is 0.0650. The summed E-state index contributed by atoms with van der Waals surface area (Å²) in [4.78, 5) is 30.9. The molecule has 0 saturated carbocycles. The molecule has 0 amide bonds. The van der Waals surface area contributed by atoms with Gasteiger partial charge in [-0.1, -0.05) is 0 Å². The van der Waals surface area contributed by atoms with Gasteiger partial charge in [0.25, 0.3) is 5.69 Å². The molecule has 0 aliphatic carbocycles. The number of aromatic nitrogens is 1. The zero-order chi connectivity index (χ0) is 19.4. The topological polar surface area (TPSA) is 88.8 Å². The second-order valence-corrected chi connectivity index (χ2v) is 6.85. The van der Waals surface area contributed by atoms with Gasteiger partial charge in [-0.05, 0) is 41.1 Å². The summed E-state index contributed by atoms with van der Waals surface area (Å²) in [5, 5.41) is 10.9. The fraction of sp³-hybridized carbons (Fsp3) is 0.333. The van der Waals surface area contributed by atoms with E-state index >= 15 is 0 Å². The lowest BCUT2D eigenvalue weighted by Gasteiger charge is -2.37. The van der Waals surface area contributed by atoms with Crippen LogP contribution in [0.3, 0.4) is 0 Å². The van der Waals surface area contributed by atoms with Crippen molar-refractivity contribution < 1.29 is 14.5 Å². The zero-order valence-electron chi connectivity index (χ0n) is 14.8. The van der Waals surface area contributed by atoms with E-state index in [0.29, 0.717) is 16.6 Å². The summed E-state index contributed by atoms with van der Waals surface area (Å²) in [6.07, 6.45) is 1.53. The average molecular weight is 435 g/mol. The first-order valence-electron chi connectivity index (χ1n) is 8.56. The molecule has 1 aliphatic heterocycles. The third-order valence-corrected chi connectivity index (χ3v) is 4.98. The number of carbonyl (C=O) groups excluding carboxylic acids is 1. The first-order valence-corrected chi connectivity index (χ1v) is 9.36. The van der Waals surface area contributed by atoms with Gasteiger partial charge in [-0.2, -0.15) is 0 Å². The molecule has 2 aromatic rings. The van der Waals surface area contributed by atoms with Crippen molar-refractivity contribution in [2.45, 2.75) is 6.92 Å². The molecule has 0 radical (unpaired) electrons. The number of halogens is 1. The van der Waals surface area contributed by atoms with Crippen molar-refractivity contribution in [2.75, 3.05) is 42.6 Å². The molecule has 1 aromatic carbocycles. The molecule has 2 heterocycles. The maximum atomic E-state index is 11.7. The smallest absolute Gasteiger partial charge is 0.339 e. The lowest BCUT2D eigenvalue weighted by Crippen LogP contribution is -2.47. The van der Waals surface area contributed by atoms with Crippen molar-refractivity contribution in [1.82, 2.24) is 4.98 Å². The van der Waals surface area contributed by atoms with E-state index < -0.39 is 4.92 Å². The number of hydrogen-bond donors (Lipinski definition) is 0. The maximum absolute atomic E-state index is 11.7. The second kappa shape index (κ2) is 8.34. The number of nitro benzene ring substituents is 1. The van der Waals surface area contributed by atoms with E-state index in [4.69, 9.17) is 4.74 Å². The molecule has 0 bridgehead atoms. The first kappa shape index (κ1) is 19.1. The van der Waals surface area contributed by atoms with Gasteiger partial charge in [0.05, 0.1) is 22.8 Å². The van der Waals surface area contributed by atoms with Crippen LogP contribution in [0.5, 0.6) is 0 Å². The number of carbonyl (C=O) groups is 1. The van der Waals surface area contributed by atoms with Crippen LogP contribution in [-0.2, 0) is 4.74 Å². The van der Waals surface area contributed by atoms with Crippen LogP contribution in [0.1, 0.15) is 17.3 Å². The highest BCUT2D eigenvalue weighted by molar-refractivity contribution is 9.10. The number of nitrogens with zero attached hydrogens (tertiary/aromatic N) is 4. The van der Waals surface area contributed by atoms with E-state index in [1.807, 2.05) is 6.07 Å². The standard InChI is InChI=1S/C18H19BrN4O4/c1-2-27-18(24)13-3-6-17(20-12-13)22-9-7-21(8-10-22)16-5-4-14(23(25)26)11-15(16)19/h3-6,11-12H,2,7-10H2,1H3. The van der Waals surface area contributed by atoms with Crippen LogP contribution < -0.4 is 9.80 Å². The summed E-state index contributed by atoms with van der Waals surface area (Å²) >= 11 is 3.43. The summed E-state index contributed by atoms with van der Waals surface area (Å²) in [6.45, 7) is 5.14. The highest BCUT2D eigenvalue weighted by Gasteiger charge is 2.21. The Balaban J connectivity index is 1.63. The monoisotopic (exact) mass is 434 g/mol. The predicted octanol–water partition coefficient (Wildman–Crippen LogP) is 3.26. The number of hydrogen-bond acceptors (Lipinski definition) is 7. The Labute approximate surface area is 165 Å². The molecule has 9 heteroatoms. The lowest BCUT2D eigenvalue weighted by molar-refractivity contribution is -0.384. The molecule has 8 nitrogen and oxygen atoms in total. The van der Waals surface area contributed by atoms with Crippen molar-refractivity contribution in [3.05, 3.63) is 56.7 Å². The summed E-state index contributed by atoms with van der Waals surface area (Å²) < 4.78 is 5.68. The summed E-state index contributed by atoms with van der Waals surface area (Å²) in [6, 6.07) is 8.35. The molecule has 1 fully saturated rings. The highest BCUT2D eigenvalue weighted by atomic mass is 79.9. The predicted molar refractivity (Wildman–Crippen MR) is 105 cm³/mol. The Morgan fingerprint density at radius 2 is 1.93 bits per heavy atom. The van der Waals surface area contributed by atoms with Gasteiger partial charge in [0.15, 0.2) is 0 Å². The van der Waals surface area contributed by atoms with Crippen molar-refractivity contribution in [3.8, 4) is 0 Å². The molecule has 0 spiro atoms. The van der Waals surface area contributed by atoms with Gasteiger partial charge in [-0.25, -0.2) is 9.78 Å². The largest absolute Gasteiger partial charge is 0.462 e. The van der Waals surface area contributed by atoms with Gasteiger partial charge >= 0.3 is 5.97 Å². The Morgan fingerprint density at radius 1 is 1.22 bits per heavy atom. The molecule has 1 aromatic heterocycles. The average Bonchev–Trinajstić information content (AvgIpc) is 2.68. The molecule has 0 N–H and O–H groups in total. The van der Waals surface area contributed by atoms with E-state index in [0.717, 1.165) is 37.7 Å². The first-order chi connectivity index (χ1) is 13.0. The van der Waals surface area contributed by atoms with E-state index in [-0.39, 0.29) is 11.7 Å². The molecule has 1 aliphatic rings. The quantitative estimate of drug-likeness (QED) is 0.405. The number of rotatable bonds is 5.